The molecule has 1 aromatic heterocycles. The Kier molecular flexibility index (Phi) is 11.5. The lowest BCUT2D eigenvalue weighted by Crippen LogP contribution is -2.45. The van der Waals surface area contributed by atoms with E-state index in [2.05, 4.69) is 10.2 Å². The molecule has 3 aromatic rings. The predicted octanol–water partition coefficient (Wildman–Crippen LogP) is 6.65. The zero-order valence-electron chi connectivity index (χ0n) is 26.7. The largest absolute Gasteiger partial charge is 0.466 e. The van der Waals surface area contributed by atoms with Gasteiger partial charge in [-0.3, -0.25) is 19.3 Å². The van der Waals surface area contributed by atoms with Crippen molar-refractivity contribution in [1.29, 1.82) is 0 Å². The van der Waals surface area contributed by atoms with Gasteiger partial charge in [-0.1, -0.05) is 36.7 Å². The third kappa shape index (κ3) is 7.97. The Hall–Kier alpha value is -3.31. The number of carbonyl (C=O) groups is 3. The SMILES string of the molecule is CCOC(=O)[C@H]1CC[C@H](OC(OC(CC)C(=O)Cc2cc(Cl)c(NC(=O)c3cn(C)c4ccccc34)cc2F)N2CCCC2)CC1. The average molecular weight is 656 g/mol. The Bertz CT molecular complexity index is 1550. The number of hydrogen-bond acceptors (Lipinski definition) is 7. The topological polar surface area (TPSA) is 99.1 Å². The average Bonchev–Trinajstić information content (AvgIpc) is 3.71. The van der Waals surface area contributed by atoms with Crippen LogP contribution in [0.1, 0.15) is 74.7 Å². The number of likely N-dealkylation sites (tertiary alicyclic amines) is 1. The maximum atomic E-state index is 15.3. The van der Waals surface area contributed by atoms with E-state index >= 15 is 4.39 Å². The molecule has 9 nitrogen and oxygen atoms in total. The van der Waals surface area contributed by atoms with Gasteiger partial charge in [0, 0.05) is 43.7 Å². The second-order valence-electron chi connectivity index (χ2n) is 12.1. The fraction of sp³-hybridized carbons (Fsp3) is 0.514. The third-order valence-electron chi connectivity index (χ3n) is 8.94. The van der Waals surface area contributed by atoms with Crippen molar-refractivity contribution in [3.63, 3.8) is 0 Å². The van der Waals surface area contributed by atoms with Crippen molar-refractivity contribution in [3.8, 4) is 0 Å². The first-order chi connectivity index (χ1) is 22.2. The van der Waals surface area contributed by atoms with Crippen LogP contribution in [0.15, 0.2) is 42.6 Å². The van der Waals surface area contributed by atoms with Crippen LogP contribution in [0, 0.1) is 11.7 Å². The number of fused-ring (bicyclic) bond motifs is 1. The first kappa shape index (κ1) is 34.0. The van der Waals surface area contributed by atoms with E-state index < -0.39 is 24.2 Å². The molecule has 5 rings (SSSR count). The number of hydrogen-bond donors (Lipinski definition) is 1. The number of Topliss-reactive ketones (excluding diaryl/α,β-unsaturated/α-hetero) is 1. The van der Waals surface area contributed by atoms with Gasteiger partial charge in [0.05, 0.1) is 34.9 Å². The number of nitrogens with one attached hydrogen (secondary N) is 1. The number of esters is 1. The second-order valence-corrected chi connectivity index (χ2v) is 12.5. The monoisotopic (exact) mass is 655 g/mol. The highest BCUT2D eigenvalue weighted by atomic mass is 35.5. The van der Waals surface area contributed by atoms with Gasteiger partial charge in [0.25, 0.3) is 5.91 Å². The summed E-state index contributed by atoms with van der Waals surface area (Å²) in [5.74, 6) is -1.62. The summed E-state index contributed by atoms with van der Waals surface area (Å²) in [6.45, 7) is 5.62. The zero-order chi connectivity index (χ0) is 32.8. The molecule has 0 bridgehead atoms. The molecule has 11 heteroatoms. The van der Waals surface area contributed by atoms with Gasteiger partial charge in [-0.2, -0.15) is 0 Å². The number of ether oxygens (including phenoxy) is 3. The number of halogens is 2. The van der Waals surface area contributed by atoms with E-state index in [1.807, 2.05) is 49.7 Å². The molecule has 248 valence electrons. The third-order valence-corrected chi connectivity index (χ3v) is 9.26. The number of aryl methyl sites for hydroxylation is 1. The van der Waals surface area contributed by atoms with Crippen LogP contribution < -0.4 is 5.32 Å². The molecule has 0 radical (unpaired) electrons. The summed E-state index contributed by atoms with van der Waals surface area (Å²) in [6.07, 6.45) is 5.06. The molecule has 2 unspecified atom stereocenters. The van der Waals surface area contributed by atoms with Gasteiger partial charge >= 0.3 is 5.97 Å². The van der Waals surface area contributed by atoms with E-state index in [1.165, 1.54) is 6.07 Å². The normalized spacial score (nSPS) is 20.0. The number of anilines is 1. The van der Waals surface area contributed by atoms with E-state index in [0.717, 1.165) is 42.9 Å². The van der Waals surface area contributed by atoms with Gasteiger partial charge < -0.3 is 24.1 Å². The van der Waals surface area contributed by atoms with Crippen molar-refractivity contribution in [2.75, 3.05) is 25.0 Å². The minimum Gasteiger partial charge on any atom is -0.466 e. The summed E-state index contributed by atoms with van der Waals surface area (Å²) in [6, 6.07) is 10.0. The molecule has 1 amide bonds. The molecular formula is C35H43ClFN3O6. The molecule has 1 aliphatic carbocycles. The Morgan fingerprint density at radius 2 is 1.78 bits per heavy atom. The molecule has 2 heterocycles. The molecule has 1 N–H and O–H groups in total. The van der Waals surface area contributed by atoms with Gasteiger partial charge in [0.15, 0.2) is 5.78 Å². The molecule has 2 fully saturated rings. The smallest absolute Gasteiger partial charge is 0.308 e. The molecule has 1 saturated heterocycles. The summed E-state index contributed by atoms with van der Waals surface area (Å²) < 4.78 is 35.1. The van der Waals surface area contributed by atoms with Crippen molar-refractivity contribution in [2.45, 2.75) is 83.8 Å². The fourth-order valence-electron chi connectivity index (χ4n) is 6.39. The minimum atomic E-state index is -0.814. The summed E-state index contributed by atoms with van der Waals surface area (Å²) >= 11 is 6.49. The van der Waals surface area contributed by atoms with Crippen molar-refractivity contribution in [1.82, 2.24) is 9.47 Å². The highest BCUT2D eigenvalue weighted by Crippen LogP contribution is 2.31. The van der Waals surface area contributed by atoms with Crippen molar-refractivity contribution >= 4 is 45.9 Å². The van der Waals surface area contributed by atoms with Crippen LogP contribution >= 0.6 is 11.6 Å². The van der Waals surface area contributed by atoms with Crippen molar-refractivity contribution in [3.05, 3.63) is 64.6 Å². The van der Waals surface area contributed by atoms with E-state index in [0.29, 0.717) is 44.3 Å². The van der Waals surface area contributed by atoms with Crippen LogP contribution in [0.2, 0.25) is 5.02 Å². The highest BCUT2D eigenvalue weighted by molar-refractivity contribution is 6.34. The molecule has 46 heavy (non-hydrogen) atoms. The van der Waals surface area contributed by atoms with Crippen LogP contribution in [-0.2, 0) is 37.3 Å². The lowest BCUT2D eigenvalue weighted by Gasteiger charge is -2.35. The molecule has 1 aliphatic heterocycles. The Morgan fingerprint density at radius 1 is 1.07 bits per heavy atom. The number of carbonyl (C=O) groups excluding carboxylic acids is 3. The van der Waals surface area contributed by atoms with Gasteiger partial charge in [-0.15, -0.1) is 0 Å². The number of ketones is 1. The summed E-state index contributed by atoms with van der Waals surface area (Å²) in [5, 5.41) is 3.62. The first-order valence-corrected chi connectivity index (χ1v) is 16.6. The maximum absolute atomic E-state index is 15.3. The van der Waals surface area contributed by atoms with Crippen LogP contribution in [-0.4, -0.2) is 65.4 Å². The van der Waals surface area contributed by atoms with Gasteiger partial charge in [0.1, 0.15) is 11.9 Å². The summed E-state index contributed by atoms with van der Waals surface area (Å²) in [7, 11) is 1.85. The fourth-order valence-corrected chi connectivity index (χ4v) is 6.62. The van der Waals surface area contributed by atoms with Gasteiger partial charge in [-0.25, -0.2) is 4.39 Å². The zero-order valence-corrected chi connectivity index (χ0v) is 27.5. The second kappa shape index (κ2) is 15.5. The minimum absolute atomic E-state index is 0.100. The van der Waals surface area contributed by atoms with Gasteiger partial charge in [0.2, 0.25) is 6.41 Å². The predicted molar refractivity (Wildman–Crippen MR) is 174 cm³/mol. The van der Waals surface area contributed by atoms with Crippen LogP contribution in [0.4, 0.5) is 10.1 Å². The molecule has 1 saturated carbocycles. The molecule has 2 atom stereocenters. The Morgan fingerprint density at radius 3 is 2.48 bits per heavy atom. The Balaban J connectivity index is 1.22. The highest BCUT2D eigenvalue weighted by Gasteiger charge is 2.34. The molecular weight excluding hydrogens is 613 g/mol. The molecule has 0 spiro atoms. The number of aromatic nitrogens is 1. The molecule has 2 aromatic carbocycles. The standard InChI is InChI=1S/C35H43ClFN3O6/c1-4-32(46-35(40-16-8-9-17-40)45-24-14-12-22(13-15-24)34(43)44-5-2)31(41)19-23-18-27(36)29(20-28(23)37)38-33(42)26-21-39(3)30-11-7-6-10-25(26)30/h6-7,10-11,18,20-22,24,32,35H,4-5,8-9,12-17,19H2,1-3H3,(H,38,42)/t22-,24-,32?,35?. The van der Waals surface area contributed by atoms with Crippen LogP contribution in [0.3, 0.4) is 0 Å². The lowest BCUT2D eigenvalue weighted by atomic mass is 9.87. The lowest BCUT2D eigenvalue weighted by molar-refractivity contribution is -0.260. The summed E-state index contributed by atoms with van der Waals surface area (Å²) in [4.78, 5) is 40.8. The van der Waals surface area contributed by atoms with E-state index in [-0.39, 0.29) is 46.5 Å². The maximum Gasteiger partial charge on any atom is 0.308 e. The summed E-state index contributed by atoms with van der Waals surface area (Å²) in [5.41, 5.74) is 1.58. The van der Waals surface area contributed by atoms with E-state index in [9.17, 15) is 14.4 Å². The number of rotatable bonds is 13. The van der Waals surface area contributed by atoms with Gasteiger partial charge in [-0.05, 0) is 75.6 Å². The van der Waals surface area contributed by atoms with Crippen molar-refractivity contribution in [2.24, 2.45) is 13.0 Å². The quantitative estimate of drug-likeness (QED) is 0.163. The number of nitrogens with zero attached hydrogens (tertiary/aromatic N) is 2. The van der Waals surface area contributed by atoms with E-state index in [1.54, 1.807) is 6.20 Å². The number of amides is 1. The van der Waals surface area contributed by atoms with E-state index in [4.69, 9.17) is 25.8 Å². The van der Waals surface area contributed by atoms with Crippen molar-refractivity contribution < 1.29 is 33.0 Å². The first-order valence-electron chi connectivity index (χ1n) is 16.3. The number of benzene rings is 2. The van der Waals surface area contributed by atoms with Crippen LogP contribution in [0.25, 0.3) is 10.9 Å². The Labute approximate surface area is 274 Å². The molecule has 2 aliphatic rings. The number of para-hydroxylation sites is 1. The van der Waals surface area contributed by atoms with Crippen LogP contribution in [0.5, 0.6) is 0 Å².